The molecular formula is C15H16ClN3O2. The highest BCUT2D eigenvalue weighted by Crippen LogP contribution is 2.28. The van der Waals surface area contributed by atoms with E-state index in [1.165, 1.54) is 6.20 Å². The molecule has 6 heteroatoms. The summed E-state index contributed by atoms with van der Waals surface area (Å²) in [6.07, 6.45) is 1.42. The molecule has 0 saturated heterocycles. The lowest BCUT2D eigenvalue weighted by Crippen LogP contribution is -2.09. The maximum Gasteiger partial charge on any atom is 0.340 e. The summed E-state index contributed by atoms with van der Waals surface area (Å²) in [6.45, 7) is 3.95. The fourth-order valence-corrected chi connectivity index (χ4v) is 2.11. The number of rotatable bonds is 4. The molecule has 0 aliphatic heterocycles. The van der Waals surface area contributed by atoms with Gasteiger partial charge in [0.05, 0.1) is 34.8 Å². The van der Waals surface area contributed by atoms with Gasteiger partial charge in [-0.2, -0.15) is 0 Å². The molecule has 0 radical (unpaired) electrons. The van der Waals surface area contributed by atoms with Crippen LogP contribution in [0, 0.1) is 6.92 Å². The smallest absolute Gasteiger partial charge is 0.340 e. The summed E-state index contributed by atoms with van der Waals surface area (Å²) < 4.78 is 4.96. The highest BCUT2D eigenvalue weighted by atomic mass is 35.5. The molecule has 0 aliphatic carbocycles. The van der Waals surface area contributed by atoms with E-state index in [1.54, 1.807) is 19.1 Å². The number of pyridine rings is 1. The van der Waals surface area contributed by atoms with Crippen molar-refractivity contribution in [2.75, 3.05) is 17.7 Å². The van der Waals surface area contributed by atoms with Crippen LogP contribution in [0.1, 0.15) is 22.8 Å². The van der Waals surface area contributed by atoms with Crippen molar-refractivity contribution >= 4 is 34.8 Å². The fourth-order valence-electron chi connectivity index (χ4n) is 1.84. The van der Waals surface area contributed by atoms with E-state index in [0.29, 0.717) is 10.8 Å². The van der Waals surface area contributed by atoms with Crippen LogP contribution in [0.15, 0.2) is 30.5 Å². The first-order valence-electron chi connectivity index (χ1n) is 6.47. The number of carbonyl (C=O) groups is 1. The maximum atomic E-state index is 11.8. The van der Waals surface area contributed by atoms with Crippen LogP contribution < -0.4 is 11.1 Å². The second-order valence-corrected chi connectivity index (χ2v) is 4.84. The molecule has 2 rings (SSSR count). The Labute approximate surface area is 128 Å². The highest BCUT2D eigenvalue weighted by molar-refractivity contribution is 6.33. The zero-order chi connectivity index (χ0) is 15.4. The van der Waals surface area contributed by atoms with Gasteiger partial charge >= 0.3 is 5.97 Å². The van der Waals surface area contributed by atoms with E-state index in [9.17, 15) is 4.79 Å². The summed E-state index contributed by atoms with van der Waals surface area (Å²) in [7, 11) is 0. The molecule has 110 valence electrons. The summed E-state index contributed by atoms with van der Waals surface area (Å²) in [4.78, 5) is 16.0. The van der Waals surface area contributed by atoms with E-state index in [1.807, 2.05) is 19.1 Å². The van der Waals surface area contributed by atoms with Gasteiger partial charge in [0.25, 0.3) is 0 Å². The van der Waals surface area contributed by atoms with E-state index >= 15 is 0 Å². The molecule has 1 heterocycles. The largest absolute Gasteiger partial charge is 0.462 e. The lowest BCUT2D eigenvalue weighted by atomic mass is 10.2. The Morgan fingerprint density at radius 2 is 2.24 bits per heavy atom. The predicted molar refractivity (Wildman–Crippen MR) is 84.1 cm³/mol. The first-order valence-corrected chi connectivity index (χ1v) is 6.85. The van der Waals surface area contributed by atoms with Crippen LogP contribution >= 0.6 is 11.6 Å². The molecule has 0 saturated carbocycles. The van der Waals surface area contributed by atoms with E-state index < -0.39 is 5.97 Å². The number of hydrogen-bond donors (Lipinski definition) is 2. The number of hydrogen-bond acceptors (Lipinski definition) is 5. The molecule has 2 aromatic rings. The number of nitrogen functional groups attached to an aromatic ring is 1. The van der Waals surface area contributed by atoms with E-state index in [4.69, 9.17) is 22.1 Å². The van der Waals surface area contributed by atoms with E-state index in [-0.39, 0.29) is 17.9 Å². The van der Waals surface area contributed by atoms with Gasteiger partial charge in [-0.25, -0.2) is 9.78 Å². The van der Waals surface area contributed by atoms with Crippen molar-refractivity contribution in [3.05, 3.63) is 46.6 Å². The van der Waals surface area contributed by atoms with Gasteiger partial charge in [0.2, 0.25) is 0 Å². The van der Waals surface area contributed by atoms with Gasteiger partial charge in [-0.1, -0.05) is 23.7 Å². The lowest BCUT2D eigenvalue weighted by Gasteiger charge is -2.12. The van der Waals surface area contributed by atoms with Gasteiger partial charge in [-0.05, 0) is 31.5 Å². The Hall–Kier alpha value is -2.27. The lowest BCUT2D eigenvalue weighted by molar-refractivity contribution is 0.0527. The molecule has 0 amide bonds. The number of esters is 1. The molecule has 0 aliphatic rings. The van der Waals surface area contributed by atoms with Gasteiger partial charge in [-0.3, -0.25) is 0 Å². The Balaban J connectivity index is 2.33. The fraction of sp³-hybridized carbons (Fsp3) is 0.200. The minimum Gasteiger partial charge on any atom is -0.462 e. The molecule has 3 N–H and O–H groups in total. The maximum absolute atomic E-state index is 11.8. The number of aryl methyl sites for hydroxylation is 1. The SMILES string of the molecule is CCOC(=O)c1cc(Nc2c(C)cccc2Cl)ncc1N. The minimum absolute atomic E-state index is 0.273. The molecule has 0 atom stereocenters. The molecular weight excluding hydrogens is 290 g/mol. The Bertz CT molecular complexity index is 654. The van der Waals surface area contributed by atoms with Crippen LogP contribution in [-0.2, 0) is 4.74 Å². The van der Waals surface area contributed by atoms with Crippen molar-refractivity contribution in [1.82, 2.24) is 4.98 Å². The summed E-state index contributed by atoms with van der Waals surface area (Å²) in [6, 6.07) is 7.12. The Kier molecular flexibility index (Phi) is 4.65. The molecule has 1 aromatic carbocycles. The zero-order valence-corrected chi connectivity index (χ0v) is 12.6. The second-order valence-electron chi connectivity index (χ2n) is 4.43. The molecule has 1 aromatic heterocycles. The number of anilines is 3. The molecule has 0 fully saturated rings. The van der Waals surface area contributed by atoms with Crippen molar-refractivity contribution in [3.8, 4) is 0 Å². The van der Waals surface area contributed by atoms with Crippen LogP contribution in [0.25, 0.3) is 0 Å². The number of nitrogens with zero attached hydrogens (tertiary/aromatic N) is 1. The third-order valence-electron chi connectivity index (χ3n) is 2.91. The van der Waals surface area contributed by atoms with Crippen molar-refractivity contribution in [1.29, 1.82) is 0 Å². The van der Waals surface area contributed by atoms with Gasteiger partial charge in [-0.15, -0.1) is 0 Å². The monoisotopic (exact) mass is 305 g/mol. The van der Waals surface area contributed by atoms with Gasteiger partial charge in [0, 0.05) is 0 Å². The van der Waals surface area contributed by atoms with Gasteiger partial charge < -0.3 is 15.8 Å². The van der Waals surface area contributed by atoms with Crippen molar-refractivity contribution in [2.24, 2.45) is 0 Å². The average molecular weight is 306 g/mol. The third kappa shape index (κ3) is 3.44. The van der Waals surface area contributed by atoms with Crippen LogP contribution in [0.2, 0.25) is 5.02 Å². The number of para-hydroxylation sites is 1. The summed E-state index contributed by atoms with van der Waals surface area (Å²) in [5.74, 6) is -0.000200. The molecule has 0 bridgehead atoms. The topological polar surface area (TPSA) is 77.2 Å². The Morgan fingerprint density at radius 3 is 2.90 bits per heavy atom. The quantitative estimate of drug-likeness (QED) is 0.845. The number of halogens is 1. The zero-order valence-electron chi connectivity index (χ0n) is 11.8. The number of aromatic nitrogens is 1. The van der Waals surface area contributed by atoms with E-state index in [2.05, 4.69) is 10.3 Å². The molecule has 21 heavy (non-hydrogen) atoms. The number of nitrogens with two attached hydrogens (primary N) is 1. The van der Waals surface area contributed by atoms with Crippen LogP contribution in [0.3, 0.4) is 0 Å². The number of carbonyl (C=O) groups excluding carboxylic acids is 1. The Morgan fingerprint density at radius 1 is 1.48 bits per heavy atom. The van der Waals surface area contributed by atoms with Gasteiger partial charge in [0.1, 0.15) is 5.82 Å². The molecule has 5 nitrogen and oxygen atoms in total. The highest BCUT2D eigenvalue weighted by Gasteiger charge is 2.13. The number of ether oxygens (including phenoxy) is 1. The van der Waals surface area contributed by atoms with Crippen molar-refractivity contribution < 1.29 is 9.53 Å². The van der Waals surface area contributed by atoms with Crippen LogP contribution in [0.4, 0.5) is 17.2 Å². The average Bonchev–Trinajstić information content (AvgIpc) is 2.45. The predicted octanol–water partition coefficient (Wildman–Crippen LogP) is 3.55. The summed E-state index contributed by atoms with van der Waals surface area (Å²) in [5.41, 5.74) is 8.02. The van der Waals surface area contributed by atoms with Crippen LogP contribution in [-0.4, -0.2) is 17.6 Å². The second kappa shape index (κ2) is 6.45. The van der Waals surface area contributed by atoms with Crippen LogP contribution in [0.5, 0.6) is 0 Å². The first-order chi connectivity index (χ1) is 10.0. The molecule has 0 spiro atoms. The minimum atomic E-state index is -0.476. The molecule has 0 unspecified atom stereocenters. The van der Waals surface area contributed by atoms with Crippen molar-refractivity contribution in [2.45, 2.75) is 13.8 Å². The summed E-state index contributed by atoms with van der Waals surface area (Å²) in [5, 5.41) is 3.67. The normalized spacial score (nSPS) is 10.2. The first kappa shape index (κ1) is 15.1. The standard InChI is InChI=1S/C15H16ClN3O2/c1-3-21-15(20)10-7-13(18-8-12(10)17)19-14-9(2)5-4-6-11(14)16/h4-8H,3,17H2,1-2H3,(H,18,19). The van der Waals surface area contributed by atoms with E-state index in [0.717, 1.165) is 11.3 Å². The number of nitrogens with one attached hydrogen (secondary N) is 1. The number of benzene rings is 1. The third-order valence-corrected chi connectivity index (χ3v) is 3.22. The van der Waals surface area contributed by atoms with Gasteiger partial charge in [0.15, 0.2) is 0 Å². The summed E-state index contributed by atoms with van der Waals surface area (Å²) >= 11 is 6.16. The van der Waals surface area contributed by atoms with Crippen molar-refractivity contribution in [3.63, 3.8) is 0 Å².